The topological polar surface area (TPSA) is 53.0 Å². The van der Waals surface area contributed by atoms with Crippen LogP contribution < -0.4 is 15.6 Å². The van der Waals surface area contributed by atoms with Gasteiger partial charge in [0.25, 0.3) is 0 Å². The quantitative estimate of drug-likeness (QED) is 0.799. The van der Waals surface area contributed by atoms with E-state index in [1.807, 2.05) is 12.2 Å². The molecule has 5 nitrogen and oxygen atoms in total. The standard InChI is InChI=1S/C23H31ClN4O/c1-28-12-11-16(24)13-20-23(28)19-14-25-27-21(22(19)26-20)15-7-9-18(10-8-15)29-17-5-3-2-4-6-17/h11,13,15,17-18,26H,2-10,12,14H2,1H3/t15-,18+. The molecule has 2 fully saturated rings. The van der Waals surface area contributed by atoms with E-state index in [0.29, 0.717) is 24.7 Å². The Hall–Kier alpha value is -1.59. The first-order valence-electron chi connectivity index (χ1n) is 11.3. The van der Waals surface area contributed by atoms with Gasteiger partial charge in [-0.2, -0.15) is 10.2 Å². The Bertz CT molecular complexity index is 933. The molecule has 29 heavy (non-hydrogen) atoms. The van der Waals surface area contributed by atoms with Gasteiger partial charge < -0.3 is 14.6 Å². The van der Waals surface area contributed by atoms with E-state index in [1.54, 1.807) is 0 Å². The van der Waals surface area contributed by atoms with Crippen molar-refractivity contribution in [3.63, 3.8) is 0 Å². The Labute approximate surface area is 177 Å². The minimum absolute atomic E-state index is 0.429. The zero-order valence-corrected chi connectivity index (χ0v) is 18.0. The molecule has 0 unspecified atom stereocenters. The maximum atomic E-state index is 6.44. The molecule has 0 amide bonds. The largest absolute Gasteiger partial charge is 0.375 e. The number of ether oxygens (including phenoxy) is 1. The van der Waals surface area contributed by atoms with Crippen LogP contribution in [0, 0.1) is 5.92 Å². The normalized spacial score (nSPS) is 27.7. The van der Waals surface area contributed by atoms with E-state index in [2.05, 4.69) is 27.2 Å². The highest BCUT2D eigenvalue weighted by Gasteiger charge is 2.30. The first-order valence-corrected chi connectivity index (χ1v) is 11.6. The number of nitrogens with one attached hydrogen (secondary N) is 1. The fourth-order valence-electron chi connectivity index (χ4n) is 5.44. The predicted molar refractivity (Wildman–Crippen MR) is 117 cm³/mol. The molecule has 0 radical (unpaired) electrons. The molecule has 6 heteroatoms. The van der Waals surface area contributed by atoms with Crippen LogP contribution in [0.25, 0.3) is 11.8 Å². The number of halogens is 1. The second kappa shape index (κ2) is 8.27. The summed E-state index contributed by atoms with van der Waals surface area (Å²) in [6.07, 6.45) is 16.1. The summed E-state index contributed by atoms with van der Waals surface area (Å²) in [6.45, 7) is 1.45. The van der Waals surface area contributed by atoms with Gasteiger partial charge in [-0.1, -0.05) is 30.9 Å². The summed E-state index contributed by atoms with van der Waals surface area (Å²) in [7, 11) is 2.12. The van der Waals surface area contributed by atoms with Crippen LogP contribution in [0.2, 0.25) is 0 Å². The minimum Gasteiger partial charge on any atom is -0.375 e. The molecule has 2 aliphatic heterocycles. The molecule has 4 aliphatic rings. The number of fused-ring (bicyclic) bond motifs is 3. The zero-order chi connectivity index (χ0) is 19.8. The molecule has 1 aromatic rings. The van der Waals surface area contributed by atoms with Gasteiger partial charge in [0.15, 0.2) is 0 Å². The highest BCUT2D eigenvalue weighted by Crippen LogP contribution is 2.35. The van der Waals surface area contributed by atoms with Crippen LogP contribution in [-0.4, -0.2) is 30.8 Å². The fraction of sp³-hybridized carbons (Fsp3) is 0.652. The first-order chi connectivity index (χ1) is 14.2. The monoisotopic (exact) mass is 414 g/mol. The number of hydrogen-bond donors (Lipinski definition) is 1. The van der Waals surface area contributed by atoms with Gasteiger partial charge in [-0.3, -0.25) is 0 Å². The minimum atomic E-state index is 0.429. The number of aromatic amines is 1. The highest BCUT2D eigenvalue weighted by atomic mass is 35.5. The molecule has 5 rings (SSSR count). The number of H-pyrrole nitrogens is 1. The molecule has 0 atom stereocenters. The van der Waals surface area contributed by atoms with Crippen LogP contribution >= 0.6 is 11.6 Å². The second-order valence-electron chi connectivity index (χ2n) is 9.01. The summed E-state index contributed by atoms with van der Waals surface area (Å²) >= 11 is 6.35. The number of likely N-dealkylation sites (N-methyl/N-ethyl adjacent to an activating group) is 1. The second-order valence-corrected chi connectivity index (χ2v) is 9.45. The van der Waals surface area contributed by atoms with Crippen molar-refractivity contribution >= 4 is 29.1 Å². The van der Waals surface area contributed by atoms with Crippen LogP contribution in [0.15, 0.2) is 21.3 Å². The average molecular weight is 415 g/mol. The van der Waals surface area contributed by atoms with Crippen molar-refractivity contribution in [2.75, 3.05) is 18.5 Å². The van der Waals surface area contributed by atoms with Crippen molar-refractivity contribution < 1.29 is 4.74 Å². The zero-order valence-electron chi connectivity index (χ0n) is 17.3. The number of anilines is 1. The summed E-state index contributed by atoms with van der Waals surface area (Å²) in [6, 6.07) is 0. The van der Waals surface area contributed by atoms with Crippen molar-refractivity contribution in [1.29, 1.82) is 0 Å². The molecule has 156 valence electrons. The molecule has 1 N–H and O–H groups in total. The molecule has 2 aliphatic carbocycles. The predicted octanol–water partition coefficient (Wildman–Crippen LogP) is 4.35. The molecule has 3 heterocycles. The van der Waals surface area contributed by atoms with Crippen LogP contribution in [0.5, 0.6) is 0 Å². The lowest BCUT2D eigenvalue weighted by Gasteiger charge is -2.33. The van der Waals surface area contributed by atoms with Gasteiger partial charge in [-0.15, -0.1) is 0 Å². The van der Waals surface area contributed by atoms with Crippen molar-refractivity contribution in [3.05, 3.63) is 27.4 Å². The third-order valence-electron chi connectivity index (χ3n) is 6.99. The summed E-state index contributed by atoms with van der Waals surface area (Å²) < 4.78 is 6.44. The Morgan fingerprint density at radius 1 is 1.07 bits per heavy atom. The van der Waals surface area contributed by atoms with Gasteiger partial charge in [0.1, 0.15) is 0 Å². The number of nitrogens with zero attached hydrogens (tertiary/aromatic N) is 3. The van der Waals surface area contributed by atoms with Gasteiger partial charge in [-0.25, -0.2) is 0 Å². The van der Waals surface area contributed by atoms with E-state index in [-0.39, 0.29) is 0 Å². The maximum absolute atomic E-state index is 6.44. The van der Waals surface area contributed by atoms with E-state index in [1.165, 1.54) is 48.7 Å². The third kappa shape index (κ3) is 3.91. The van der Waals surface area contributed by atoms with Gasteiger partial charge in [-0.05, 0) is 50.7 Å². The Morgan fingerprint density at radius 3 is 2.62 bits per heavy atom. The van der Waals surface area contributed by atoms with Crippen molar-refractivity contribution in [2.45, 2.75) is 76.5 Å². The van der Waals surface area contributed by atoms with E-state index in [9.17, 15) is 0 Å². The maximum Gasteiger partial charge on any atom is 0.0895 e. The molecular formula is C23H31ClN4O. The summed E-state index contributed by atoms with van der Waals surface area (Å²) in [5.74, 6) is 0.461. The summed E-state index contributed by atoms with van der Waals surface area (Å²) in [5.41, 5.74) is 3.62. The molecule has 0 bridgehead atoms. The van der Waals surface area contributed by atoms with E-state index < -0.39 is 0 Å². The molecule has 0 spiro atoms. The fourth-order valence-corrected chi connectivity index (χ4v) is 5.62. The number of hydrogen-bond acceptors (Lipinski definition) is 4. The van der Waals surface area contributed by atoms with E-state index >= 15 is 0 Å². The SMILES string of the molecule is CN1CC=C(Cl)C=c2[nH]c3c(c21)CN=NC=3[C@H]1CC[C@@H](OC2CCCCC2)CC1. The third-order valence-corrected chi connectivity index (χ3v) is 7.25. The molecule has 0 aromatic carbocycles. The Balaban J connectivity index is 1.37. The number of azo groups is 1. The number of rotatable bonds is 3. The molecule has 2 saturated carbocycles. The lowest BCUT2D eigenvalue weighted by Crippen LogP contribution is -2.30. The van der Waals surface area contributed by atoms with E-state index in [0.717, 1.165) is 48.3 Å². The number of aromatic nitrogens is 1. The number of allylic oxidation sites excluding steroid dienone is 1. The van der Waals surface area contributed by atoms with Crippen molar-refractivity contribution in [2.24, 2.45) is 16.1 Å². The molecule has 0 saturated heterocycles. The van der Waals surface area contributed by atoms with Gasteiger partial charge in [0.2, 0.25) is 0 Å². The Kier molecular flexibility index (Phi) is 5.53. The van der Waals surface area contributed by atoms with E-state index in [4.69, 9.17) is 16.3 Å². The highest BCUT2D eigenvalue weighted by molar-refractivity contribution is 6.34. The average Bonchev–Trinajstić information content (AvgIpc) is 3.04. The summed E-state index contributed by atoms with van der Waals surface area (Å²) in [4.78, 5) is 5.89. The van der Waals surface area contributed by atoms with Gasteiger partial charge in [0, 0.05) is 30.1 Å². The lowest BCUT2D eigenvalue weighted by atomic mass is 9.84. The molecular weight excluding hydrogens is 384 g/mol. The Morgan fingerprint density at radius 2 is 1.83 bits per heavy atom. The van der Waals surface area contributed by atoms with Crippen LogP contribution in [0.1, 0.15) is 63.4 Å². The first kappa shape index (κ1) is 19.4. The van der Waals surface area contributed by atoms with Crippen LogP contribution in [0.3, 0.4) is 0 Å². The summed E-state index contributed by atoms with van der Waals surface area (Å²) in [5, 5.41) is 12.2. The van der Waals surface area contributed by atoms with Crippen LogP contribution in [-0.2, 0) is 11.3 Å². The van der Waals surface area contributed by atoms with Gasteiger partial charge in [0.05, 0.1) is 40.8 Å². The van der Waals surface area contributed by atoms with Gasteiger partial charge >= 0.3 is 0 Å². The van der Waals surface area contributed by atoms with Crippen molar-refractivity contribution in [1.82, 2.24) is 4.98 Å². The smallest absolute Gasteiger partial charge is 0.0895 e. The van der Waals surface area contributed by atoms with Crippen LogP contribution in [0.4, 0.5) is 5.69 Å². The molecule has 1 aromatic heterocycles. The van der Waals surface area contributed by atoms with Crippen molar-refractivity contribution in [3.8, 4) is 0 Å². The lowest BCUT2D eigenvalue weighted by molar-refractivity contribution is -0.0482.